The van der Waals surface area contributed by atoms with Gasteiger partial charge in [0.1, 0.15) is 0 Å². The van der Waals surface area contributed by atoms with E-state index in [9.17, 15) is 0 Å². The highest BCUT2D eigenvalue weighted by Gasteiger charge is 0.931. The molecule has 2 heteroatoms. The second kappa shape index (κ2) is 1680. The lowest BCUT2D eigenvalue weighted by Gasteiger charge is -1.14. The Bertz CT molecular complexity index is 4.00. The van der Waals surface area contributed by atoms with Crippen molar-refractivity contribution in [3.05, 3.63) is 7.11 Å². The molecule has 0 aromatic rings. The van der Waals surface area contributed by atoms with Crippen LogP contribution in [0.2, 0.25) is 0 Å². The summed E-state index contributed by atoms with van der Waals surface area (Å²) >= 11 is 0. The monoisotopic (exact) mass is 63.0 g/mol. The average molecular weight is 63.1 g/mol. The minimum Gasteiger partial charge on any atom is -0.412 e. The highest BCUT2D eigenvalue weighted by atomic mass is 16.2. The van der Waals surface area contributed by atoms with Crippen LogP contribution < -0.4 is 0 Å². The molecule has 0 rings (SSSR count). The Balaban J connectivity index is -0.00000000500. The van der Waals surface area contributed by atoms with E-state index in [1.165, 1.54) is 0 Å². The van der Waals surface area contributed by atoms with Gasteiger partial charge >= 0.3 is 0 Å². The largest absolute Gasteiger partial charge is 0.412 e. The third-order valence-corrected chi connectivity index (χ3v) is 0. The Morgan fingerprint density at radius 2 is 1.25 bits per heavy atom. The third-order valence-electron chi connectivity index (χ3n) is 0. The first kappa shape index (κ1) is 39.5. The molecule has 0 aromatic carbocycles. The van der Waals surface area contributed by atoms with E-state index in [4.69, 9.17) is 12.2 Å². The molecule has 0 fully saturated rings. The molecular weight excluding hydrogens is 56.0 g/mol. The lowest BCUT2D eigenvalue weighted by atomic mass is 11.8. The first-order valence-corrected chi connectivity index (χ1v) is 0.224. The molecule has 27 valence electrons. The van der Waals surface area contributed by atoms with Crippen LogP contribution in [0.5, 0.6) is 0 Å². The van der Waals surface area contributed by atoms with Gasteiger partial charge in [-0.3, -0.25) is 0 Å². The quantitative estimate of drug-likeness (QED) is 0.413. The Kier molecular flexibility index (Phi) is 16600. The number of hydrogen-bond acceptors (Lipinski definition) is 1. The van der Waals surface area contributed by atoms with Gasteiger partial charge in [-0.05, 0) is 0 Å². The highest BCUT2D eigenvalue weighted by molar-refractivity contribution is 3.60. The smallest absolute Gasteiger partial charge is 0.169 e. The third kappa shape index (κ3) is 254. The Morgan fingerprint density at radius 1 is 1.25 bits per heavy atom. The molecule has 2 nitrogen and oxygen atoms in total. The molecule has 3 N–H and O–H groups in total. The predicted molar refractivity (Wildman–Crippen MR) is 15.5 cm³/mol. The zero-order valence-corrected chi connectivity index (χ0v) is 1.45. The molecule has 0 amide bonds. The van der Waals surface area contributed by atoms with Crippen LogP contribution in [0.3, 0.4) is 0 Å². The molecule has 3 radical (unpaired) electrons. The molecule has 0 aliphatic rings. The minimum absolute atomic E-state index is 0. The molecule has 0 aliphatic heterocycles. The molecule has 0 unspecified atom stereocenters. The summed E-state index contributed by atoms with van der Waals surface area (Å²) in [6.45, 7) is 0. The van der Waals surface area contributed by atoms with Crippen molar-refractivity contribution in [1.29, 1.82) is 0 Å². The van der Waals surface area contributed by atoms with Crippen LogP contribution in [0.25, 0.3) is 0 Å². The number of aliphatic hydroxyl groups excluding tert-OH is 1. The van der Waals surface area contributed by atoms with Gasteiger partial charge in [0.05, 0.1) is 0 Å². The summed E-state index contributed by atoms with van der Waals surface area (Å²) in [5, 5.41) is 6.25. The minimum atomic E-state index is 0. The predicted octanol–water partition coefficient (Wildman–Crippen LogP) is -0.284. The lowest BCUT2D eigenvalue weighted by molar-refractivity contribution is 0.464. The van der Waals surface area contributed by atoms with E-state index in [1.54, 1.807) is 0 Å². The molecule has 4 heavy (non-hydrogen) atoms. The second-order valence-corrected chi connectivity index (χ2v) is 0. The average Bonchev–Trinajstić information content (AvgIpc) is 1.00. The Hall–Kier alpha value is -0.0800. The van der Waals surface area contributed by atoms with Crippen molar-refractivity contribution in [2.24, 2.45) is 0 Å². The van der Waals surface area contributed by atoms with Gasteiger partial charge in [-0.1, -0.05) is 7.43 Å². The maximum Gasteiger partial charge on any atom is 0.169 e. The normalized spacial score (nSPS) is 1.50. The van der Waals surface area contributed by atoms with Crippen molar-refractivity contribution >= 4 is 0 Å². The molecule has 0 atom stereocenters. The second-order valence-electron chi connectivity index (χ2n) is 0. The molecule has 0 aliphatic carbocycles. The van der Waals surface area contributed by atoms with E-state index < -0.39 is 0 Å². The van der Waals surface area contributed by atoms with Crippen molar-refractivity contribution in [2.45, 2.75) is 7.43 Å². The molecule has 0 spiro atoms. The SMILES string of the molecule is C.O.[C]O. The van der Waals surface area contributed by atoms with Gasteiger partial charge in [-0.25, -0.2) is 0 Å². The van der Waals surface area contributed by atoms with Gasteiger partial charge in [0.2, 0.25) is 0 Å². The summed E-state index contributed by atoms with van der Waals surface area (Å²) in [7, 11) is 4.75. The lowest BCUT2D eigenvalue weighted by Crippen LogP contribution is -1.12. The maximum atomic E-state index is 6.25. The first-order chi connectivity index (χ1) is 1.00. The van der Waals surface area contributed by atoms with E-state index in [2.05, 4.69) is 0 Å². The fraction of sp³-hybridized carbons (Fsp3) is 0.500. The molecule has 0 saturated carbocycles. The zero-order chi connectivity index (χ0) is 2.00. The molecule has 0 aromatic heterocycles. The fourth-order valence-electron chi connectivity index (χ4n) is 0. The van der Waals surface area contributed by atoms with Crippen molar-refractivity contribution < 1.29 is 10.6 Å². The van der Waals surface area contributed by atoms with Crippen LogP contribution in [0.15, 0.2) is 0 Å². The topological polar surface area (TPSA) is 51.7 Å². The standard InChI is InChI=1S/CHO.CH4.H2O/c1-2;;/h2H;1H4;1H2. The van der Waals surface area contributed by atoms with Gasteiger partial charge in [0, 0.05) is 0 Å². The van der Waals surface area contributed by atoms with Gasteiger partial charge < -0.3 is 10.6 Å². The van der Waals surface area contributed by atoms with Crippen LogP contribution >= 0.6 is 0 Å². The maximum absolute atomic E-state index is 6.25. The van der Waals surface area contributed by atoms with E-state index >= 15 is 0 Å². The van der Waals surface area contributed by atoms with Crippen molar-refractivity contribution in [3.8, 4) is 0 Å². The van der Waals surface area contributed by atoms with Gasteiger partial charge in [0.15, 0.2) is 7.11 Å². The summed E-state index contributed by atoms with van der Waals surface area (Å²) < 4.78 is 0. The first-order valence-electron chi connectivity index (χ1n) is 0.224. The molecule has 0 heterocycles. The van der Waals surface area contributed by atoms with Crippen molar-refractivity contribution in [3.63, 3.8) is 0 Å². The summed E-state index contributed by atoms with van der Waals surface area (Å²) in [6.07, 6.45) is 0. The summed E-state index contributed by atoms with van der Waals surface area (Å²) in [4.78, 5) is 0. The van der Waals surface area contributed by atoms with Gasteiger partial charge in [-0.2, -0.15) is 0 Å². The molecular formula is C2H7O2. The van der Waals surface area contributed by atoms with E-state index in [0.29, 0.717) is 0 Å². The van der Waals surface area contributed by atoms with Crippen LogP contribution in [-0.4, -0.2) is 10.6 Å². The Labute approximate surface area is 26.4 Å². The van der Waals surface area contributed by atoms with E-state index in [0.717, 1.165) is 0 Å². The van der Waals surface area contributed by atoms with E-state index in [-0.39, 0.29) is 12.9 Å². The van der Waals surface area contributed by atoms with Crippen molar-refractivity contribution in [1.82, 2.24) is 0 Å². The molecule has 0 bridgehead atoms. The van der Waals surface area contributed by atoms with Gasteiger partial charge in [-0.15, -0.1) is 0 Å². The van der Waals surface area contributed by atoms with Crippen molar-refractivity contribution in [2.75, 3.05) is 0 Å². The van der Waals surface area contributed by atoms with Crippen LogP contribution in [0.1, 0.15) is 7.43 Å². The zero-order valence-electron chi connectivity index (χ0n) is 1.45. The van der Waals surface area contributed by atoms with Crippen LogP contribution in [0.4, 0.5) is 0 Å². The molecule has 0 saturated heterocycles. The van der Waals surface area contributed by atoms with Crippen LogP contribution in [0, 0.1) is 7.11 Å². The van der Waals surface area contributed by atoms with E-state index in [1.807, 2.05) is 0 Å². The van der Waals surface area contributed by atoms with Gasteiger partial charge in [0.25, 0.3) is 0 Å². The fourth-order valence-corrected chi connectivity index (χ4v) is 0. The summed E-state index contributed by atoms with van der Waals surface area (Å²) in [5.41, 5.74) is 0. The number of rotatable bonds is 0. The summed E-state index contributed by atoms with van der Waals surface area (Å²) in [6, 6.07) is 0. The number of aliphatic hydroxyl groups is 1. The summed E-state index contributed by atoms with van der Waals surface area (Å²) in [5.74, 6) is 0. The Morgan fingerprint density at radius 3 is 1.25 bits per heavy atom. The number of hydrogen-bond donors (Lipinski definition) is 1. The highest BCUT2D eigenvalue weighted by Crippen LogP contribution is 0.913. The van der Waals surface area contributed by atoms with Crippen LogP contribution in [-0.2, 0) is 0 Å².